The van der Waals surface area contributed by atoms with Gasteiger partial charge in [0.25, 0.3) is 0 Å². The topological polar surface area (TPSA) is 59.1 Å². The summed E-state index contributed by atoms with van der Waals surface area (Å²) in [4.78, 5) is 0. The van der Waals surface area contributed by atoms with Gasteiger partial charge in [-0.1, -0.05) is 6.07 Å². The molecule has 0 atom stereocenters. The predicted molar refractivity (Wildman–Crippen MR) is 76.4 cm³/mol. The van der Waals surface area contributed by atoms with E-state index >= 15 is 0 Å². The van der Waals surface area contributed by atoms with Gasteiger partial charge in [-0.2, -0.15) is 0 Å². The Morgan fingerprint density at radius 1 is 1.21 bits per heavy atom. The summed E-state index contributed by atoms with van der Waals surface area (Å²) in [5.41, 5.74) is 6.57. The molecule has 3 N–H and O–H groups in total. The Bertz CT molecular complexity index is 643. The molecular weight excluding hydrogens is 311 g/mol. The highest BCUT2D eigenvalue weighted by Gasteiger charge is 2.06. The number of benzene rings is 2. The van der Waals surface area contributed by atoms with E-state index in [9.17, 15) is 4.39 Å². The first-order valence-corrected chi connectivity index (χ1v) is 6.34. The molecular formula is C14H12BrFN2O. The summed E-state index contributed by atoms with van der Waals surface area (Å²) in [5, 5.41) is 7.38. The minimum Gasteiger partial charge on any atom is -0.457 e. The Balaban J connectivity index is 2.26. The van der Waals surface area contributed by atoms with Crippen molar-refractivity contribution in [2.75, 3.05) is 0 Å². The van der Waals surface area contributed by atoms with Crippen LogP contribution in [0.15, 0.2) is 40.9 Å². The van der Waals surface area contributed by atoms with Crippen molar-refractivity contribution < 1.29 is 9.13 Å². The maximum absolute atomic E-state index is 13.4. The van der Waals surface area contributed by atoms with E-state index in [1.165, 1.54) is 6.07 Å². The van der Waals surface area contributed by atoms with Crippen LogP contribution in [0.4, 0.5) is 4.39 Å². The lowest BCUT2D eigenvalue weighted by Crippen LogP contribution is -2.11. The highest BCUT2D eigenvalue weighted by Crippen LogP contribution is 2.27. The molecule has 0 saturated carbocycles. The fraction of sp³-hybridized carbons (Fsp3) is 0.0714. The van der Waals surface area contributed by atoms with Crippen LogP contribution in [0, 0.1) is 18.2 Å². The molecule has 5 heteroatoms. The monoisotopic (exact) mass is 322 g/mol. The first-order chi connectivity index (χ1) is 8.97. The van der Waals surface area contributed by atoms with Crippen LogP contribution >= 0.6 is 15.9 Å². The van der Waals surface area contributed by atoms with Crippen molar-refractivity contribution in [1.29, 1.82) is 5.41 Å². The third-order valence-electron chi connectivity index (χ3n) is 2.61. The molecule has 2 aromatic rings. The van der Waals surface area contributed by atoms with E-state index in [1.807, 2.05) is 0 Å². The van der Waals surface area contributed by atoms with Crippen molar-refractivity contribution >= 4 is 21.8 Å². The molecule has 0 bridgehead atoms. The number of amidine groups is 1. The van der Waals surface area contributed by atoms with Gasteiger partial charge in [0.15, 0.2) is 0 Å². The largest absolute Gasteiger partial charge is 0.457 e. The number of rotatable bonds is 3. The molecule has 0 radical (unpaired) electrons. The minimum absolute atomic E-state index is 0.0280. The first-order valence-electron chi connectivity index (χ1n) is 5.55. The quantitative estimate of drug-likeness (QED) is 0.663. The van der Waals surface area contributed by atoms with Gasteiger partial charge in [0.1, 0.15) is 23.2 Å². The number of hydrogen-bond donors (Lipinski definition) is 2. The molecule has 0 aliphatic heterocycles. The van der Waals surface area contributed by atoms with Gasteiger partial charge in [-0.15, -0.1) is 0 Å². The smallest absolute Gasteiger partial charge is 0.130 e. The number of hydrogen-bond acceptors (Lipinski definition) is 2. The predicted octanol–water partition coefficient (Wildman–Crippen LogP) is 3.97. The minimum atomic E-state index is -0.308. The summed E-state index contributed by atoms with van der Waals surface area (Å²) in [7, 11) is 0. The van der Waals surface area contributed by atoms with E-state index in [-0.39, 0.29) is 11.7 Å². The molecule has 0 saturated heterocycles. The van der Waals surface area contributed by atoms with Crippen LogP contribution in [-0.4, -0.2) is 5.84 Å². The second kappa shape index (κ2) is 5.40. The summed E-state index contributed by atoms with van der Waals surface area (Å²) in [5.74, 6) is 0.627. The lowest BCUT2D eigenvalue weighted by Gasteiger charge is -2.09. The van der Waals surface area contributed by atoms with Crippen molar-refractivity contribution in [2.24, 2.45) is 5.73 Å². The number of halogens is 2. The summed E-state index contributed by atoms with van der Waals surface area (Å²) in [6.07, 6.45) is 0. The number of nitrogens with two attached hydrogens (primary N) is 1. The molecule has 0 aromatic heterocycles. The van der Waals surface area contributed by atoms with Crippen LogP contribution in [0.1, 0.15) is 11.1 Å². The standard InChI is InChI=1S/C14H12BrFN2O/c1-8-2-3-10(7-13(8)16)19-9-4-5-11(14(17)18)12(15)6-9/h2-7H,1H3,(H3,17,18). The third kappa shape index (κ3) is 3.12. The Kier molecular flexibility index (Phi) is 3.85. The third-order valence-corrected chi connectivity index (χ3v) is 3.27. The fourth-order valence-corrected chi connectivity index (χ4v) is 2.12. The Hall–Kier alpha value is -1.88. The molecule has 3 nitrogen and oxygen atoms in total. The number of nitrogens with one attached hydrogen (secondary N) is 1. The van der Waals surface area contributed by atoms with E-state index in [1.54, 1.807) is 37.3 Å². The van der Waals surface area contributed by atoms with Gasteiger partial charge in [-0.25, -0.2) is 4.39 Å². The zero-order valence-corrected chi connectivity index (χ0v) is 11.8. The van der Waals surface area contributed by atoms with E-state index in [0.29, 0.717) is 27.1 Å². The summed E-state index contributed by atoms with van der Waals surface area (Å²) in [6, 6.07) is 9.73. The number of nitrogen functional groups attached to an aromatic ring is 1. The maximum Gasteiger partial charge on any atom is 0.130 e. The average molecular weight is 323 g/mol. The van der Waals surface area contributed by atoms with E-state index < -0.39 is 0 Å². The molecule has 98 valence electrons. The van der Waals surface area contributed by atoms with Gasteiger partial charge in [0.05, 0.1) is 0 Å². The lowest BCUT2D eigenvalue weighted by atomic mass is 10.2. The summed E-state index contributed by atoms with van der Waals surface area (Å²) >= 11 is 3.31. The highest BCUT2D eigenvalue weighted by atomic mass is 79.9. The van der Waals surface area contributed by atoms with E-state index in [4.69, 9.17) is 15.9 Å². The molecule has 2 rings (SSSR count). The second-order valence-electron chi connectivity index (χ2n) is 4.07. The van der Waals surface area contributed by atoms with Crippen LogP contribution < -0.4 is 10.5 Å². The Morgan fingerprint density at radius 2 is 1.84 bits per heavy atom. The number of aryl methyl sites for hydroxylation is 1. The van der Waals surface area contributed by atoms with Crippen molar-refractivity contribution in [1.82, 2.24) is 0 Å². The van der Waals surface area contributed by atoms with Gasteiger partial charge in [-0.05, 0) is 52.7 Å². The molecule has 2 aromatic carbocycles. The zero-order chi connectivity index (χ0) is 14.0. The average Bonchev–Trinajstić information content (AvgIpc) is 2.33. The van der Waals surface area contributed by atoms with Crippen LogP contribution in [0.25, 0.3) is 0 Å². The molecule has 0 amide bonds. The zero-order valence-electron chi connectivity index (χ0n) is 10.2. The Labute approximate surface area is 118 Å². The van der Waals surface area contributed by atoms with Gasteiger partial charge in [0, 0.05) is 16.1 Å². The Morgan fingerprint density at radius 3 is 2.42 bits per heavy atom. The maximum atomic E-state index is 13.4. The van der Waals surface area contributed by atoms with Gasteiger partial charge in [0.2, 0.25) is 0 Å². The molecule has 0 spiro atoms. The normalized spacial score (nSPS) is 10.3. The van der Waals surface area contributed by atoms with Crippen molar-refractivity contribution in [2.45, 2.75) is 6.92 Å². The summed E-state index contributed by atoms with van der Waals surface area (Å²) in [6.45, 7) is 1.69. The van der Waals surface area contributed by atoms with Crippen molar-refractivity contribution in [3.63, 3.8) is 0 Å². The van der Waals surface area contributed by atoms with Crippen molar-refractivity contribution in [3.8, 4) is 11.5 Å². The van der Waals surface area contributed by atoms with Crippen LogP contribution in [-0.2, 0) is 0 Å². The molecule has 0 unspecified atom stereocenters. The second-order valence-corrected chi connectivity index (χ2v) is 4.92. The van der Waals surface area contributed by atoms with Crippen molar-refractivity contribution in [3.05, 3.63) is 57.8 Å². The van der Waals surface area contributed by atoms with Crippen LogP contribution in [0.2, 0.25) is 0 Å². The van der Waals surface area contributed by atoms with Crippen LogP contribution in [0.3, 0.4) is 0 Å². The summed E-state index contributed by atoms with van der Waals surface area (Å²) < 4.78 is 19.6. The molecule has 0 aliphatic carbocycles. The number of ether oxygens (including phenoxy) is 1. The van der Waals surface area contributed by atoms with E-state index in [0.717, 1.165) is 0 Å². The molecule has 0 aliphatic rings. The van der Waals surface area contributed by atoms with Gasteiger partial charge in [-0.3, -0.25) is 5.41 Å². The first kappa shape index (κ1) is 13.5. The van der Waals surface area contributed by atoms with Gasteiger partial charge < -0.3 is 10.5 Å². The van der Waals surface area contributed by atoms with Gasteiger partial charge >= 0.3 is 0 Å². The van der Waals surface area contributed by atoms with Crippen LogP contribution in [0.5, 0.6) is 11.5 Å². The fourth-order valence-electron chi connectivity index (χ4n) is 1.55. The highest BCUT2D eigenvalue weighted by molar-refractivity contribution is 9.10. The molecule has 0 fully saturated rings. The molecule has 19 heavy (non-hydrogen) atoms. The lowest BCUT2D eigenvalue weighted by molar-refractivity contribution is 0.475. The van der Waals surface area contributed by atoms with E-state index in [2.05, 4.69) is 15.9 Å². The molecule has 0 heterocycles. The SMILES string of the molecule is Cc1ccc(Oc2ccc(C(=N)N)c(Br)c2)cc1F.